The summed E-state index contributed by atoms with van der Waals surface area (Å²) in [6.45, 7) is -0.233. The van der Waals surface area contributed by atoms with Crippen LogP contribution in [0.3, 0.4) is 0 Å². The molecule has 60 valence electrons. The summed E-state index contributed by atoms with van der Waals surface area (Å²) < 4.78 is 16.8. The molecule has 1 aliphatic heterocycles. The highest BCUT2D eigenvalue weighted by atomic mass is 19.1. The Balaban J connectivity index is 2.52. The zero-order chi connectivity index (χ0) is 7.72. The zero-order valence-electron chi connectivity index (χ0n) is 5.14. The van der Waals surface area contributed by atoms with Gasteiger partial charge >= 0.3 is 0 Å². The Bertz CT molecular complexity index is 106. The van der Waals surface area contributed by atoms with E-state index in [0.717, 1.165) is 0 Å². The summed E-state index contributed by atoms with van der Waals surface area (Å²) in [7, 11) is 0. The molecule has 0 saturated carbocycles. The molecule has 0 bridgehead atoms. The second-order valence-electron chi connectivity index (χ2n) is 2.23. The molecule has 1 saturated heterocycles. The highest BCUT2D eigenvalue weighted by molar-refractivity contribution is 4.81. The van der Waals surface area contributed by atoms with Crippen molar-refractivity contribution in [2.45, 2.75) is 24.7 Å². The maximum absolute atomic E-state index is 12.4. The van der Waals surface area contributed by atoms with Crippen LogP contribution in [0, 0.1) is 0 Å². The Morgan fingerprint density at radius 1 is 1.30 bits per heavy atom. The van der Waals surface area contributed by atoms with Gasteiger partial charge in [0.2, 0.25) is 0 Å². The Morgan fingerprint density at radius 2 is 1.90 bits per heavy atom. The zero-order valence-corrected chi connectivity index (χ0v) is 5.14. The summed E-state index contributed by atoms with van der Waals surface area (Å²) in [4.78, 5) is 0. The molecule has 0 spiro atoms. The minimum atomic E-state index is -1.91. The summed E-state index contributed by atoms with van der Waals surface area (Å²) in [5.41, 5.74) is 0. The van der Waals surface area contributed by atoms with Crippen LogP contribution in [-0.2, 0) is 4.74 Å². The summed E-state index contributed by atoms with van der Waals surface area (Å²) in [5.74, 6) is 0. The van der Waals surface area contributed by atoms with Gasteiger partial charge in [-0.3, -0.25) is 0 Å². The van der Waals surface area contributed by atoms with Crippen molar-refractivity contribution in [2.24, 2.45) is 0 Å². The van der Waals surface area contributed by atoms with Gasteiger partial charge in [0.15, 0.2) is 12.5 Å². The fourth-order valence-electron chi connectivity index (χ4n) is 0.769. The van der Waals surface area contributed by atoms with Gasteiger partial charge in [-0.25, -0.2) is 4.39 Å². The molecule has 10 heavy (non-hydrogen) atoms. The van der Waals surface area contributed by atoms with E-state index in [1.54, 1.807) is 0 Å². The number of hydrogen-bond donors (Lipinski definition) is 3. The van der Waals surface area contributed by atoms with Crippen LogP contribution in [0.2, 0.25) is 0 Å². The maximum atomic E-state index is 12.4. The van der Waals surface area contributed by atoms with Crippen LogP contribution in [0.25, 0.3) is 0 Å². The number of hydrogen-bond acceptors (Lipinski definition) is 4. The van der Waals surface area contributed by atoms with E-state index in [1.807, 2.05) is 0 Å². The average molecular weight is 152 g/mol. The van der Waals surface area contributed by atoms with Crippen LogP contribution in [0.15, 0.2) is 0 Å². The molecular formula is C5H9FO4. The van der Waals surface area contributed by atoms with Gasteiger partial charge in [0.1, 0.15) is 12.2 Å². The lowest BCUT2D eigenvalue weighted by molar-refractivity contribution is -0.233. The first-order valence-corrected chi connectivity index (χ1v) is 2.93. The number of halogens is 1. The fourth-order valence-corrected chi connectivity index (χ4v) is 0.769. The molecule has 1 rings (SSSR count). The second-order valence-corrected chi connectivity index (χ2v) is 2.23. The van der Waals surface area contributed by atoms with E-state index < -0.39 is 24.7 Å². The molecule has 5 heteroatoms. The highest BCUT2D eigenvalue weighted by Gasteiger charge is 2.37. The fraction of sp³-hybridized carbons (Fsp3) is 1.00. The predicted octanol–water partition coefficient (Wildman–Crippen LogP) is -1.61. The first kappa shape index (κ1) is 7.87. The highest BCUT2D eigenvalue weighted by Crippen LogP contribution is 2.16. The molecule has 0 aromatic rings. The van der Waals surface area contributed by atoms with Crippen molar-refractivity contribution < 1.29 is 24.4 Å². The van der Waals surface area contributed by atoms with Gasteiger partial charge in [-0.2, -0.15) is 0 Å². The Hall–Kier alpha value is -0.230. The second kappa shape index (κ2) is 2.79. The molecule has 3 N–H and O–H groups in total. The van der Waals surface area contributed by atoms with Gasteiger partial charge in [-0.15, -0.1) is 0 Å². The van der Waals surface area contributed by atoms with Gasteiger partial charge < -0.3 is 20.1 Å². The molecule has 1 heterocycles. The van der Waals surface area contributed by atoms with Gasteiger partial charge in [-0.05, 0) is 0 Å². The normalized spacial score (nSPS) is 49.2. The average Bonchev–Trinajstić information content (AvgIpc) is 1.93. The summed E-state index contributed by atoms with van der Waals surface area (Å²) in [5, 5.41) is 26.1. The van der Waals surface area contributed by atoms with E-state index >= 15 is 0 Å². The maximum Gasteiger partial charge on any atom is 0.189 e. The molecule has 0 aromatic carbocycles. The predicted molar refractivity (Wildman–Crippen MR) is 28.9 cm³/mol. The first-order chi connectivity index (χ1) is 4.63. The van der Waals surface area contributed by atoms with Crippen molar-refractivity contribution in [3.8, 4) is 0 Å². The summed E-state index contributed by atoms with van der Waals surface area (Å²) in [6, 6.07) is 0. The van der Waals surface area contributed by atoms with E-state index in [2.05, 4.69) is 4.74 Å². The van der Waals surface area contributed by atoms with E-state index in [0.29, 0.717) is 0 Å². The number of aliphatic hydroxyl groups excluding tert-OH is 3. The lowest BCUT2D eigenvalue weighted by atomic mass is 10.1. The molecule has 0 aliphatic carbocycles. The summed E-state index contributed by atoms with van der Waals surface area (Å²) in [6.07, 6.45) is -6.30. The number of alkyl halides is 1. The smallest absolute Gasteiger partial charge is 0.189 e. The lowest BCUT2D eigenvalue weighted by Gasteiger charge is -2.30. The third-order valence-corrected chi connectivity index (χ3v) is 1.43. The number of aliphatic hydroxyl groups is 3. The minimum Gasteiger partial charge on any atom is -0.388 e. The molecule has 0 radical (unpaired) electrons. The van der Waals surface area contributed by atoms with Crippen LogP contribution in [-0.4, -0.2) is 46.6 Å². The third kappa shape index (κ3) is 1.27. The first-order valence-electron chi connectivity index (χ1n) is 2.93. The number of ether oxygens (including phenoxy) is 1. The van der Waals surface area contributed by atoms with Crippen LogP contribution in [0.5, 0.6) is 0 Å². The van der Waals surface area contributed by atoms with Crippen molar-refractivity contribution in [1.29, 1.82) is 0 Å². The monoisotopic (exact) mass is 152 g/mol. The lowest BCUT2D eigenvalue weighted by Crippen LogP contribution is -2.50. The molecule has 4 atom stereocenters. The third-order valence-electron chi connectivity index (χ3n) is 1.43. The van der Waals surface area contributed by atoms with Crippen molar-refractivity contribution in [1.82, 2.24) is 0 Å². The Kier molecular flexibility index (Phi) is 2.20. The SMILES string of the molecule is O[C@H]1[C@H](F)[C@H](O)OC[C@H]1O. The Morgan fingerprint density at radius 3 is 2.40 bits per heavy atom. The van der Waals surface area contributed by atoms with E-state index in [1.165, 1.54) is 0 Å². The van der Waals surface area contributed by atoms with Crippen LogP contribution >= 0.6 is 0 Å². The van der Waals surface area contributed by atoms with Crippen molar-refractivity contribution in [2.75, 3.05) is 6.61 Å². The molecular weight excluding hydrogens is 143 g/mol. The van der Waals surface area contributed by atoms with E-state index in [-0.39, 0.29) is 6.61 Å². The standard InChI is InChI=1S/C5H9FO4/c6-3-4(8)2(7)1-10-5(3)9/h2-5,7-9H,1H2/t2-,3+,4-,5-/m1/s1. The van der Waals surface area contributed by atoms with Crippen molar-refractivity contribution in [3.63, 3.8) is 0 Å². The Labute approximate surface area is 56.9 Å². The molecule has 1 fully saturated rings. The van der Waals surface area contributed by atoms with Crippen LogP contribution in [0.1, 0.15) is 0 Å². The van der Waals surface area contributed by atoms with E-state index in [9.17, 15) is 4.39 Å². The molecule has 1 aliphatic rings. The van der Waals surface area contributed by atoms with E-state index in [4.69, 9.17) is 15.3 Å². The quantitative estimate of drug-likeness (QED) is 0.391. The van der Waals surface area contributed by atoms with Crippen molar-refractivity contribution >= 4 is 0 Å². The topological polar surface area (TPSA) is 69.9 Å². The van der Waals surface area contributed by atoms with Gasteiger partial charge in [0.05, 0.1) is 6.61 Å². The molecule has 0 amide bonds. The minimum absolute atomic E-state index is 0.233. The molecule has 0 aromatic heterocycles. The van der Waals surface area contributed by atoms with Crippen LogP contribution in [0.4, 0.5) is 4.39 Å². The molecule has 4 nitrogen and oxygen atoms in total. The van der Waals surface area contributed by atoms with Gasteiger partial charge in [0, 0.05) is 0 Å². The van der Waals surface area contributed by atoms with Gasteiger partial charge in [-0.1, -0.05) is 0 Å². The van der Waals surface area contributed by atoms with Crippen LogP contribution < -0.4 is 0 Å². The van der Waals surface area contributed by atoms with Crippen molar-refractivity contribution in [3.05, 3.63) is 0 Å². The largest absolute Gasteiger partial charge is 0.388 e. The number of rotatable bonds is 0. The molecule has 0 unspecified atom stereocenters. The summed E-state index contributed by atoms with van der Waals surface area (Å²) >= 11 is 0. The van der Waals surface area contributed by atoms with Gasteiger partial charge in [0.25, 0.3) is 0 Å².